The summed E-state index contributed by atoms with van der Waals surface area (Å²) in [5.74, 6) is -1.43. The number of halogens is 2. The first-order valence-electron chi connectivity index (χ1n) is 10.2. The van der Waals surface area contributed by atoms with Crippen molar-refractivity contribution in [1.82, 2.24) is 19.7 Å². The number of carbonyl (C=O) groups excluding carboxylic acids is 1. The number of nitrogens with one attached hydrogen (secondary N) is 2. The molecule has 2 aromatic heterocycles. The van der Waals surface area contributed by atoms with Crippen molar-refractivity contribution < 1.29 is 13.6 Å². The number of nitrogens with zero attached hydrogens (tertiary/aromatic N) is 4. The molecule has 0 radical (unpaired) electrons. The van der Waals surface area contributed by atoms with Gasteiger partial charge in [-0.3, -0.25) is 14.4 Å². The Balaban J connectivity index is 1.52. The Morgan fingerprint density at radius 2 is 2.06 bits per heavy atom. The smallest absolute Gasteiger partial charge is 0.254 e. The van der Waals surface area contributed by atoms with Gasteiger partial charge in [-0.25, -0.2) is 9.37 Å². The number of likely N-dealkylation sites (tertiary alicyclic amines) is 1. The van der Waals surface area contributed by atoms with Gasteiger partial charge in [0.05, 0.1) is 6.04 Å². The largest absolute Gasteiger partial charge is 0.365 e. The van der Waals surface area contributed by atoms with Gasteiger partial charge in [0, 0.05) is 55.4 Å². The van der Waals surface area contributed by atoms with Crippen LogP contribution in [0.4, 0.5) is 20.3 Å². The van der Waals surface area contributed by atoms with Gasteiger partial charge in [-0.15, -0.1) is 0 Å². The van der Waals surface area contributed by atoms with Crippen LogP contribution >= 0.6 is 0 Å². The predicted octanol–water partition coefficient (Wildman–Crippen LogP) is 3.11. The first kappa shape index (κ1) is 21.6. The molecule has 166 valence electrons. The van der Waals surface area contributed by atoms with Crippen LogP contribution in [0.3, 0.4) is 0 Å². The number of amides is 1. The van der Waals surface area contributed by atoms with Crippen molar-refractivity contribution in [2.75, 3.05) is 18.4 Å². The quantitative estimate of drug-likeness (QED) is 0.387. The van der Waals surface area contributed by atoms with Gasteiger partial charge in [-0.05, 0) is 36.8 Å². The van der Waals surface area contributed by atoms with Gasteiger partial charge in [0.1, 0.15) is 11.4 Å². The van der Waals surface area contributed by atoms with Gasteiger partial charge in [0.25, 0.3) is 5.91 Å². The van der Waals surface area contributed by atoms with Gasteiger partial charge >= 0.3 is 0 Å². The number of primary amides is 1. The molecule has 1 aliphatic heterocycles. The topological polar surface area (TPSA) is 113 Å². The molecule has 0 aliphatic carbocycles. The average molecular weight is 439 g/mol. The van der Waals surface area contributed by atoms with Crippen molar-refractivity contribution >= 4 is 23.6 Å². The van der Waals surface area contributed by atoms with E-state index in [9.17, 15) is 13.6 Å². The van der Waals surface area contributed by atoms with Crippen LogP contribution in [0.15, 0.2) is 48.8 Å². The summed E-state index contributed by atoms with van der Waals surface area (Å²) in [4.78, 5) is 17.7. The molecule has 0 saturated carbocycles. The Kier molecular flexibility index (Phi) is 6.22. The molecule has 4 rings (SSSR count). The average Bonchev–Trinajstić information content (AvgIpc) is 3.20. The van der Waals surface area contributed by atoms with Crippen LogP contribution in [0.2, 0.25) is 0 Å². The lowest BCUT2D eigenvalue weighted by molar-refractivity contribution is 0.100. The molecule has 1 aliphatic rings. The van der Waals surface area contributed by atoms with Crippen molar-refractivity contribution in [2.45, 2.75) is 19.0 Å². The maximum Gasteiger partial charge on any atom is 0.254 e. The summed E-state index contributed by atoms with van der Waals surface area (Å²) in [5.41, 5.74) is 6.82. The number of pyridine rings is 1. The molecule has 0 spiro atoms. The Morgan fingerprint density at radius 3 is 2.75 bits per heavy atom. The van der Waals surface area contributed by atoms with Gasteiger partial charge in [0.2, 0.25) is 5.95 Å². The summed E-state index contributed by atoms with van der Waals surface area (Å²) in [6.07, 6.45) is 5.00. The molecule has 10 heteroatoms. The minimum atomic E-state index is -0.642. The Morgan fingerprint density at radius 1 is 1.28 bits per heavy atom. The molecule has 1 amide bonds. The lowest BCUT2D eigenvalue weighted by Crippen LogP contribution is -2.41. The molecule has 3 aromatic rings. The highest BCUT2D eigenvalue weighted by atomic mass is 19.1. The highest BCUT2D eigenvalue weighted by Crippen LogP contribution is 2.30. The molecular weight excluding hydrogens is 416 g/mol. The van der Waals surface area contributed by atoms with Gasteiger partial charge < -0.3 is 16.5 Å². The standard InChI is InChI=1S/C22H23F2N7O/c23-16-3-5-17(6-4-16)28-22-18(21(26)32)13-31(29-22)19-7-9-30(12-15(19)10-25)11-14-2-1-8-27-20(14)24/h1-6,8,10,13,15,19,25H,7,9,11-12H2,(H2,26,32)(H,28,29). The fourth-order valence-corrected chi connectivity index (χ4v) is 3.96. The van der Waals surface area contributed by atoms with E-state index in [0.717, 1.165) is 0 Å². The molecule has 1 saturated heterocycles. The van der Waals surface area contributed by atoms with E-state index in [-0.39, 0.29) is 29.2 Å². The normalized spacial score (nSPS) is 18.9. The van der Waals surface area contributed by atoms with Crippen molar-refractivity contribution in [3.8, 4) is 0 Å². The summed E-state index contributed by atoms with van der Waals surface area (Å²) in [5, 5.41) is 15.4. The second-order valence-electron chi connectivity index (χ2n) is 7.74. The zero-order chi connectivity index (χ0) is 22.7. The Hall–Kier alpha value is -3.66. The van der Waals surface area contributed by atoms with Crippen molar-refractivity contribution in [3.63, 3.8) is 0 Å². The van der Waals surface area contributed by atoms with E-state index in [1.54, 1.807) is 23.0 Å². The van der Waals surface area contributed by atoms with E-state index in [4.69, 9.17) is 11.1 Å². The summed E-state index contributed by atoms with van der Waals surface area (Å²) < 4.78 is 28.8. The second-order valence-corrected chi connectivity index (χ2v) is 7.74. The van der Waals surface area contributed by atoms with Crippen LogP contribution in [0.1, 0.15) is 28.4 Å². The minimum absolute atomic E-state index is 0.163. The molecule has 4 N–H and O–H groups in total. The van der Waals surface area contributed by atoms with Gasteiger partial charge in [-0.2, -0.15) is 9.49 Å². The van der Waals surface area contributed by atoms with E-state index in [1.807, 2.05) is 0 Å². The van der Waals surface area contributed by atoms with Crippen LogP contribution < -0.4 is 11.1 Å². The molecule has 32 heavy (non-hydrogen) atoms. The third-order valence-corrected chi connectivity index (χ3v) is 5.59. The van der Waals surface area contributed by atoms with Gasteiger partial charge in [-0.1, -0.05) is 6.07 Å². The van der Waals surface area contributed by atoms with Crippen molar-refractivity contribution in [3.05, 3.63) is 71.7 Å². The molecule has 1 aromatic carbocycles. The number of anilines is 2. The number of benzene rings is 1. The van der Waals surface area contributed by atoms with E-state index < -0.39 is 11.9 Å². The molecule has 0 bridgehead atoms. The Labute approximate surface area is 183 Å². The van der Waals surface area contributed by atoms with Crippen LogP contribution in [-0.4, -0.2) is 44.9 Å². The van der Waals surface area contributed by atoms with E-state index >= 15 is 0 Å². The van der Waals surface area contributed by atoms with E-state index in [1.165, 1.54) is 36.7 Å². The number of hydrogen-bond donors (Lipinski definition) is 3. The molecular formula is C22H23F2N7O. The third-order valence-electron chi connectivity index (χ3n) is 5.59. The highest BCUT2D eigenvalue weighted by molar-refractivity contribution is 5.98. The first-order chi connectivity index (χ1) is 15.4. The number of rotatable bonds is 7. The summed E-state index contributed by atoms with van der Waals surface area (Å²) in [6, 6.07) is 8.91. The van der Waals surface area contributed by atoms with Crippen LogP contribution in [0.25, 0.3) is 0 Å². The molecule has 3 heterocycles. The van der Waals surface area contributed by atoms with Crippen LogP contribution in [0.5, 0.6) is 0 Å². The first-order valence-corrected chi connectivity index (χ1v) is 10.2. The maximum absolute atomic E-state index is 13.9. The molecule has 2 unspecified atom stereocenters. The number of aromatic nitrogens is 3. The lowest BCUT2D eigenvalue weighted by atomic mass is 9.93. The number of piperidine rings is 1. The summed E-state index contributed by atoms with van der Waals surface area (Å²) >= 11 is 0. The van der Waals surface area contributed by atoms with Crippen LogP contribution in [0, 0.1) is 23.1 Å². The fourth-order valence-electron chi connectivity index (χ4n) is 3.96. The number of carbonyl (C=O) groups is 1. The molecule has 2 atom stereocenters. The molecule has 1 fully saturated rings. The zero-order valence-corrected chi connectivity index (χ0v) is 17.2. The highest BCUT2D eigenvalue weighted by Gasteiger charge is 2.31. The number of hydrogen-bond acceptors (Lipinski definition) is 6. The third kappa shape index (κ3) is 4.65. The van der Waals surface area contributed by atoms with Crippen molar-refractivity contribution in [2.24, 2.45) is 11.7 Å². The maximum atomic E-state index is 13.9. The number of nitrogens with two attached hydrogens (primary N) is 1. The fraction of sp³-hybridized carbons (Fsp3) is 0.273. The van der Waals surface area contributed by atoms with Crippen molar-refractivity contribution in [1.29, 1.82) is 5.41 Å². The monoisotopic (exact) mass is 439 g/mol. The summed E-state index contributed by atoms with van der Waals surface area (Å²) in [7, 11) is 0. The van der Waals surface area contributed by atoms with Gasteiger partial charge in [0.15, 0.2) is 5.82 Å². The lowest BCUT2D eigenvalue weighted by Gasteiger charge is -2.36. The second kappa shape index (κ2) is 9.23. The SMILES string of the molecule is N=CC1CN(Cc2cccnc2F)CCC1n1cc(C(N)=O)c(Nc2ccc(F)cc2)n1. The predicted molar refractivity (Wildman–Crippen MR) is 116 cm³/mol. The van der Waals surface area contributed by atoms with E-state index in [0.29, 0.717) is 37.3 Å². The molecule has 8 nitrogen and oxygen atoms in total. The zero-order valence-electron chi connectivity index (χ0n) is 17.2. The summed E-state index contributed by atoms with van der Waals surface area (Å²) in [6.45, 7) is 1.60. The van der Waals surface area contributed by atoms with E-state index in [2.05, 4.69) is 20.3 Å². The minimum Gasteiger partial charge on any atom is -0.365 e. The van der Waals surface area contributed by atoms with Crippen LogP contribution in [-0.2, 0) is 6.54 Å². The Bertz CT molecular complexity index is 1120.